The fourth-order valence-electron chi connectivity index (χ4n) is 1.94. The van der Waals surface area contributed by atoms with Crippen LogP contribution in [0.1, 0.15) is 5.56 Å². The average molecular weight is 229 g/mol. The molecule has 0 fully saturated rings. The Bertz CT molecular complexity index is 597. The lowest BCUT2D eigenvalue weighted by atomic mass is 10.1. The minimum Gasteiger partial charge on any atom is -0.368 e. The van der Waals surface area contributed by atoms with Crippen LogP contribution >= 0.6 is 0 Å². The number of nitrogens with one attached hydrogen (secondary N) is 1. The largest absolute Gasteiger partial charge is 0.368 e. The summed E-state index contributed by atoms with van der Waals surface area (Å²) >= 11 is 0. The number of nitrogens with two attached hydrogens (primary N) is 2. The molecule has 1 aromatic carbocycles. The van der Waals surface area contributed by atoms with E-state index in [0.29, 0.717) is 12.1 Å². The van der Waals surface area contributed by atoms with Gasteiger partial charge in [0.1, 0.15) is 0 Å². The van der Waals surface area contributed by atoms with Crippen molar-refractivity contribution in [1.29, 1.82) is 0 Å². The Hall–Kier alpha value is -2.50. The first-order valence-electron chi connectivity index (χ1n) is 5.16. The Labute approximate surface area is 97.2 Å². The van der Waals surface area contributed by atoms with E-state index in [9.17, 15) is 4.79 Å². The SMILES string of the molecule is Nc1nc(-c2ccc3c(c2)CC(=O)N3)cn1N. The molecule has 0 radical (unpaired) electrons. The Morgan fingerprint density at radius 3 is 2.94 bits per heavy atom. The summed E-state index contributed by atoms with van der Waals surface area (Å²) in [6.45, 7) is 0. The molecule has 1 aliphatic heterocycles. The second-order valence-corrected chi connectivity index (χ2v) is 3.99. The van der Waals surface area contributed by atoms with Gasteiger partial charge in [0, 0.05) is 11.3 Å². The summed E-state index contributed by atoms with van der Waals surface area (Å²) in [6, 6.07) is 5.67. The molecule has 0 spiro atoms. The zero-order chi connectivity index (χ0) is 12.0. The molecule has 0 unspecified atom stereocenters. The zero-order valence-corrected chi connectivity index (χ0v) is 8.97. The van der Waals surface area contributed by atoms with Gasteiger partial charge >= 0.3 is 0 Å². The first kappa shape index (κ1) is 9.71. The summed E-state index contributed by atoms with van der Waals surface area (Å²) in [4.78, 5) is 15.4. The first-order chi connectivity index (χ1) is 8.13. The molecule has 0 saturated heterocycles. The highest BCUT2D eigenvalue weighted by Gasteiger charge is 2.18. The molecular formula is C11H11N5O. The van der Waals surface area contributed by atoms with Gasteiger partial charge in [0.15, 0.2) is 0 Å². The highest BCUT2D eigenvalue weighted by Crippen LogP contribution is 2.28. The summed E-state index contributed by atoms with van der Waals surface area (Å²) in [5.74, 6) is 5.85. The zero-order valence-electron chi connectivity index (χ0n) is 8.97. The van der Waals surface area contributed by atoms with E-state index >= 15 is 0 Å². The van der Waals surface area contributed by atoms with Crippen LogP contribution in [-0.4, -0.2) is 15.6 Å². The molecular weight excluding hydrogens is 218 g/mol. The van der Waals surface area contributed by atoms with E-state index in [-0.39, 0.29) is 11.9 Å². The van der Waals surface area contributed by atoms with Crippen molar-refractivity contribution >= 4 is 17.5 Å². The Kier molecular flexibility index (Phi) is 1.85. The number of hydrogen-bond acceptors (Lipinski definition) is 4. The minimum atomic E-state index is 0.0148. The van der Waals surface area contributed by atoms with Crippen LogP contribution in [-0.2, 0) is 11.2 Å². The molecule has 2 heterocycles. The Morgan fingerprint density at radius 2 is 2.24 bits per heavy atom. The number of nitrogen functional groups attached to an aromatic ring is 2. The summed E-state index contributed by atoms with van der Waals surface area (Å²) in [5.41, 5.74) is 9.00. The van der Waals surface area contributed by atoms with E-state index in [0.717, 1.165) is 16.8 Å². The maximum absolute atomic E-state index is 11.2. The van der Waals surface area contributed by atoms with Crippen LogP contribution in [0.4, 0.5) is 11.6 Å². The monoisotopic (exact) mass is 229 g/mol. The number of nitrogens with zero attached hydrogens (tertiary/aromatic N) is 2. The van der Waals surface area contributed by atoms with Gasteiger partial charge in [-0.15, -0.1) is 0 Å². The maximum Gasteiger partial charge on any atom is 0.228 e. The van der Waals surface area contributed by atoms with E-state index in [2.05, 4.69) is 10.3 Å². The van der Waals surface area contributed by atoms with Crippen LogP contribution in [0.5, 0.6) is 0 Å². The van der Waals surface area contributed by atoms with Gasteiger partial charge in [-0.25, -0.2) is 9.66 Å². The van der Waals surface area contributed by atoms with Crippen molar-refractivity contribution in [3.05, 3.63) is 30.0 Å². The number of fused-ring (bicyclic) bond motifs is 1. The number of aromatic nitrogens is 2. The molecule has 1 aliphatic rings. The van der Waals surface area contributed by atoms with E-state index in [1.807, 2.05) is 18.2 Å². The lowest BCUT2D eigenvalue weighted by Crippen LogP contribution is -2.09. The summed E-state index contributed by atoms with van der Waals surface area (Å²) in [6.07, 6.45) is 2.06. The summed E-state index contributed by atoms with van der Waals surface area (Å²) < 4.78 is 1.27. The lowest BCUT2D eigenvalue weighted by molar-refractivity contribution is -0.115. The number of carbonyl (C=O) groups is 1. The molecule has 0 atom stereocenters. The van der Waals surface area contributed by atoms with Crippen molar-refractivity contribution in [2.45, 2.75) is 6.42 Å². The molecule has 5 N–H and O–H groups in total. The van der Waals surface area contributed by atoms with E-state index in [1.165, 1.54) is 4.68 Å². The van der Waals surface area contributed by atoms with Crippen molar-refractivity contribution in [2.24, 2.45) is 0 Å². The van der Waals surface area contributed by atoms with Crippen LogP contribution < -0.4 is 16.9 Å². The topological polar surface area (TPSA) is 99.0 Å². The van der Waals surface area contributed by atoms with Gasteiger partial charge in [-0.05, 0) is 17.7 Å². The quantitative estimate of drug-likeness (QED) is 0.614. The molecule has 6 nitrogen and oxygen atoms in total. The molecule has 17 heavy (non-hydrogen) atoms. The van der Waals surface area contributed by atoms with E-state index in [4.69, 9.17) is 11.6 Å². The molecule has 1 amide bonds. The normalized spacial score (nSPS) is 13.5. The van der Waals surface area contributed by atoms with Crippen LogP contribution in [0.3, 0.4) is 0 Å². The lowest BCUT2D eigenvalue weighted by Gasteiger charge is -2.00. The second-order valence-electron chi connectivity index (χ2n) is 3.99. The van der Waals surface area contributed by atoms with Gasteiger partial charge in [-0.2, -0.15) is 0 Å². The number of hydrogen-bond donors (Lipinski definition) is 3. The third-order valence-corrected chi connectivity index (χ3v) is 2.79. The summed E-state index contributed by atoms with van der Waals surface area (Å²) in [5, 5.41) is 2.78. The van der Waals surface area contributed by atoms with E-state index < -0.39 is 0 Å². The molecule has 2 aromatic rings. The molecule has 1 aromatic heterocycles. The molecule has 86 valence electrons. The molecule has 3 rings (SSSR count). The van der Waals surface area contributed by atoms with Crippen LogP contribution in [0.15, 0.2) is 24.4 Å². The van der Waals surface area contributed by atoms with Crippen LogP contribution in [0, 0.1) is 0 Å². The standard InChI is InChI=1S/C11H11N5O/c12-11-15-9(5-16(11)13)6-1-2-8-7(3-6)4-10(17)14-8/h1-3,5H,4,13H2,(H2,12,15)(H,14,17). The number of carbonyl (C=O) groups excluding carboxylic acids is 1. The highest BCUT2D eigenvalue weighted by molar-refractivity contribution is 5.99. The fraction of sp³-hybridized carbons (Fsp3) is 0.0909. The number of imidazole rings is 1. The van der Waals surface area contributed by atoms with Gasteiger partial charge in [0.25, 0.3) is 0 Å². The molecule has 0 saturated carbocycles. The predicted molar refractivity (Wildman–Crippen MR) is 64.6 cm³/mol. The van der Waals surface area contributed by atoms with Crippen molar-refractivity contribution in [2.75, 3.05) is 16.9 Å². The first-order valence-corrected chi connectivity index (χ1v) is 5.16. The fourth-order valence-corrected chi connectivity index (χ4v) is 1.94. The minimum absolute atomic E-state index is 0.0148. The second kappa shape index (κ2) is 3.24. The van der Waals surface area contributed by atoms with Crippen LogP contribution in [0.2, 0.25) is 0 Å². The van der Waals surface area contributed by atoms with Gasteiger partial charge in [-0.3, -0.25) is 4.79 Å². The maximum atomic E-state index is 11.2. The van der Waals surface area contributed by atoms with Gasteiger partial charge < -0.3 is 16.9 Å². The van der Waals surface area contributed by atoms with Gasteiger partial charge in [0.2, 0.25) is 11.9 Å². The van der Waals surface area contributed by atoms with Crippen LogP contribution in [0.25, 0.3) is 11.3 Å². The van der Waals surface area contributed by atoms with Crippen molar-refractivity contribution in [3.63, 3.8) is 0 Å². The molecule has 0 bridgehead atoms. The smallest absolute Gasteiger partial charge is 0.228 e. The van der Waals surface area contributed by atoms with E-state index in [1.54, 1.807) is 6.20 Å². The van der Waals surface area contributed by atoms with Crippen molar-refractivity contribution < 1.29 is 4.79 Å². The predicted octanol–water partition coefficient (Wildman–Crippen LogP) is 0.341. The van der Waals surface area contributed by atoms with Crippen molar-refractivity contribution in [1.82, 2.24) is 9.66 Å². The third-order valence-electron chi connectivity index (χ3n) is 2.79. The number of rotatable bonds is 1. The van der Waals surface area contributed by atoms with Crippen molar-refractivity contribution in [3.8, 4) is 11.3 Å². The molecule has 0 aliphatic carbocycles. The Balaban J connectivity index is 2.05. The summed E-state index contributed by atoms with van der Waals surface area (Å²) in [7, 11) is 0. The molecule has 6 heteroatoms. The number of anilines is 2. The number of benzene rings is 1. The van der Waals surface area contributed by atoms with Gasteiger partial charge in [-0.1, -0.05) is 6.07 Å². The Morgan fingerprint density at radius 1 is 1.41 bits per heavy atom. The highest BCUT2D eigenvalue weighted by atomic mass is 16.1. The average Bonchev–Trinajstić information content (AvgIpc) is 2.80. The third kappa shape index (κ3) is 1.50. The number of amides is 1. The van der Waals surface area contributed by atoms with Gasteiger partial charge in [0.05, 0.1) is 18.3 Å².